The minimum absolute atomic E-state index is 0. The molecule has 3 rings (SSSR count). The molecule has 1 heterocycles. The summed E-state index contributed by atoms with van der Waals surface area (Å²) < 4.78 is 10.9. The number of aliphatic imine (C=N–C) groups is 1. The van der Waals surface area contributed by atoms with E-state index < -0.39 is 0 Å². The molecule has 2 aromatic carbocycles. The number of anilines is 1. The molecule has 0 amide bonds. The molecule has 8 heteroatoms. The number of nitrogens with one attached hydrogen (secondary N) is 2. The number of guanidine groups is 1. The molecule has 2 unspecified atom stereocenters. The van der Waals surface area contributed by atoms with Gasteiger partial charge in [-0.2, -0.15) is 0 Å². The summed E-state index contributed by atoms with van der Waals surface area (Å²) in [5, 5.41) is 7.04. The van der Waals surface area contributed by atoms with E-state index in [1.165, 1.54) is 5.69 Å². The molecule has 0 saturated carbocycles. The molecule has 0 radical (unpaired) electrons. The van der Waals surface area contributed by atoms with Crippen molar-refractivity contribution in [2.45, 2.75) is 25.4 Å². The highest BCUT2D eigenvalue weighted by Crippen LogP contribution is 2.31. The van der Waals surface area contributed by atoms with Crippen LogP contribution in [0.15, 0.2) is 53.5 Å². The summed E-state index contributed by atoms with van der Waals surface area (Å²) in [7, 11) is 7.47. The van der Waals surface area contributed by atoms with E-state index in [0.29, 0.717) is 12.6 Å². The number of halogens is 1. The van der Waals surface area contributed by atoms with Crippen LogP contribution in [-0.4, -0.2) is 71.4 Å². The number of methoxy groups -OCH3 is 2. The van der Waals surface area contributed by atoms with Crippen LogP contribution in [0.4, 0.5) is 5.69 Å². The zero-order valence-corrected chi connectivity index (χ0v) is 22.7. The van der Waals surface area contributed by atoms with E-state index in [4.69, 9.17) is 14.5 Å². The summed E-state index contributed by atoms with van der Waals surface area (Å²) in [6.07, 6.45) is 1.09. The lowest BCUT2D eigenvalue weighted by Crippen LogP contribution is -2.45. The Balaban J connectivity index is 0.00000385. The van der Waals surface area contributed by atoms with Gasteiger partial charge in [0.1, 0.15) is 0 Å². The highest BCUT2D eigenvalue weighted by molar-refractivity contribution is 14.0. The van der Waals surface area contributed by atoms with Crippen LogP contribution in [0.1, 0.15) is 24.9 Å². The lowest BCUT2D eigenvalue weighted by atomic mass is 10.1. The second-order valence-corrected chi connectivity index (χ2v) is 8.22. The fourth-order valence-corrected chi connectivity index (χ4v) is 4.07. The molecule has 2 aromatic rings. The van der Waals surface area contributed by atoms with E-state index in [1.54, 1.807) is 14.2 Å². The van der Waals surface area contributed by atoms with Gasteiger partial charge < -0.3 is 29.9 Å². The minimum atomic E-state index is 0. The third-order valence-corrected chi connectivity index (χ3v) is 5.83. The smallest absolute Gasteiger partial charge is 0.191 e. The Morgan fingerprint density at radius 1 is 1.12 bits per heavy atom. The number of hydrogen-bond acceptors (Lipinski definition) is 5. The quantitative estimate of drug-likeness (QED) is 0.274. The van der Waals surface area contributed by atoms with Gasteiger partial charge in [0.2, 0.25) is 0 Å². The summed E-state index contributed by atoms with van der Waals surface area (Å²) in [6, 6.07) is 17.2. The zero-order chi connectivity index (χ0) is 22.9. The SMILES string of the molecule is CCNC(=NCC(c1ccc(OC)c(OC)c1)N(C)C)NC1CCN(c2ccccc2)C1.I. The minimum Gasteiger partial charge on any atom is -0.493 e. The molecule has 2 atom stereocenters. The van der Waals surface area contributed by atoms with Crippen molar-refractivity contribution in [3.05, 3.63) is 54.1 Å². The van der Waals surface area contributed by atoms with E-state index in [0.717, 1.165) is 49.1 Å². The number of nitrogens with zero attached hydrogens (tertiary/aromatic N) is 3. The molecule has 1 aliphatic rings. The first kappa shape index (κ1) is 27.0. The van der Waals surface area contributed by atoms with E-state index in [-0.39, 0.29) is 30.0 Å². The molecule has 0 aromatic heterocycles. The first-order valence-corrected chi connectivity index (χ1v) is 11.3. The van der Waals surface area contributed by atoms with Crippen molar-refractivity contribution < 1.29 is 9.47 Å². The Morgan fingerprint density at radius 2 is 1.85 bits per heavy atom. The predicted octanol–water partition coefficient (Wildman–Crippen LogP) is 3.76. The van der Waals surface area contributed by atoms with E-state index >= 15 is 0 Å². The van der Waals surface area contributed by atoms with Gasteiger partial charge in [0.25, 0.3) is 0 Å². The zero-order valence-electron chi connectivity index (χ0n) is 20.4. The van der Waals surface area contributed by atoms with Crippen LogP contribution in [0.25, 0.3) is 0 Å². The molecule has 0 spiro atoms. The highest BCUT2D eigenvalue weighted by Gasteiger charge is 2.24. The Kier molecular flexibility index (Phi) is 11.1. The van der Waals surface area contributed by atoms with Gasteiger partial charge in [0, 0.05) is 31.4 Å². The Labute approximate surface area is 215 Å². The van der Waals surface area contributed by atoms with Gasteiger partial charge in [-0.05, 0) is 57.3 Å². The third kappa shape index (κ3) is 7.40. The lowest BCUT2D eigenvalue weighted by Gasteiger charge is -2.25. The fourth-order valence-electron chi connectivity index (χ4n) is 4.07. The normalized spacial score (nSPS) is 16.8. The maximum Gasteiger partial charge on any atom is 0.191 e. The molecule has 1 fully saturated rings. The van der Waals surface area contributed by atoms with Crippen molar-refractivity contribution >= 4 is 35.6 Å². The highest BCUT2D eigenvalue weighted by atomic mass is 127. The topological polar surface area (TPSA) is 61.4 Å². The van der Waals surface area contributed by atoms with Crippen molar-refractivity contribution in [3.8, 4) is 11.5 Å². The standard InChI is InChI=1S/C25H37N5O2.HI/c1-6-26-25(28-20-14-15-30(18-20)21-10-8-7-9-11-21)27-17-22(29(2)3)19-12-13-23(31-4)24(16-19)32-5;/h7-13,16,20,22H,6,14-15,17-18H2,1-5H3,(H2,26,27,28);1H. The van der Waals surface area contributed by atoms with Crippen LogP contribution >= 0.6 is 24.0 Å². The molecule has 182 valence electrons. The number of para-hydroxylation sites is 1. The molecule has 33 heavy (non-hydrogen) atoms. The maximum atomic E-state index is 5.50. The average molecular weight is 568 g/mol. The number of likely N-dealkylation sites (N-methyl/N-ethyl adjacent to an activating group) is 1. The second-order valence-electron chi connectivity index (χ2n) is 8.22. The van der Waals surface area contributed by atoms with Crippen molar-refractivity contribution in [1.29, 1.82) is 0 Å². The van der Waals surface area contributed by atoms with Crippen LogP contribution in [0.3, 0.4) is 0 Å². The van der Waals surface area contributed by atoms with Crippen LogP contribution in [0.5, 0.6) is 11.5 Å². The lowest BCUT2D eigenvalue weighted by molar-refractivity contribution is 0.303. The van der Waals surface area contributed by atoms with Crippen LogP contribution in [0, 0.1) is 0 Å². The van der Waals surface area contributed by atoms with Crippen molar-refractivity contribution in [2.24, 2.45) is 4.99 Å². The Hall–Kier alpha value is -2.20. The maximum absolute atomic E-state index is 5.50. The van der Waals surface area contributed by atoms with E-state index in [2.05, 4.69) is 77.9 Å². The van der Waals surface area contributed by atoms with Gasteiger partial charge in [-0.3, -0.25) is 4.99 Å². The molecule has 1 aliphatic heterocycles. The van der Waals surface area contributed by atoms with Crippen LogP contribution in [0.2, 0.25) is 0 Å². The van der Waals surface area contributed by atoms with E-state index in [1.807, 2.05) is 12.1 Å². The molecule has 1 saturated heterocycles. The first-order valence-electron chi connectivity index (χ1n) is 11.3. The number of benzene rings is 2. The second kappa shape index (κ2) is 13.5. The van der Waals surface area contributed by atoms with Crippen molar-refractivity contribution in [1.82, 2.24) is 15.5 Å². The summed E-state index contributed by atoms with van der Waals surface area (Å²) >= 11 is 0. The number of hydrogen-bond donors (Lipinski definition) is 2. The van der Waals surface area contributed by atoms with Gasteiger partial charge in [-0.25, -0.2) is 0 Å². The molecule has 7 nitrogen and oxygen atoms in total. The Morgan fingerprint density at radius 3 is 2.48 bits per heavy atom. The summed E-state index contributed by atoms with van der Waals surface area (Å²) in [4.78, 5) is 9.54. The largest absolute Gasteiger partial charge is 0.493 e. The summed E-state index contributed by atoms with van der Waals surface area (Å²) in [6.45, 7) is 5.57. The molecule has 0 aliphatic carbocycles. The molecule has 0 bridgehead atoms. The predicted molar refractivity (Wildman–Crippen MR) is 148 cm³/mol. The molecule has 2 N–H and O–H groups in total. The van der Waals surface area contributed by atoms with Gasteiger partial charge in [-0.15, -0.1) is 24.0 Å². The summed E-state index contributed by atoms with van der Waals surface area (Å²) in [5.41, 5.74) is 2.42. The van der Waals surface area contributed by atoms with Gasteiger partial charge in [0.15, 0.2) is 17.5 Å². The monoisotopic (exact) mass is 567 g/mol. The third-order valence-electron chi connectivity index (χ3n) is 5.83. The van der Waals surface area contributed by atoms with Gasteiger partial charge in [-0.1, -0.05) is 24.3 Å². The number of ether oxygens (including phenoxy) is 2. The van der Waals surface area contributed by atoms with Gasteiger partial charge in [0.05, 0.1) is 26.8 Å². The first-order chi connectivity index (χ1) is 15.5. The summed E-state index contributed by atoms with van der Waals surface area (Å²) in [5.74, 6) is 2.33. The Bertz CT molecular complexity index is 878. The van der Waals surface area contributed by atoms with Crippen molar-refractivity contribution in [3.63, 3.8) is 0 Å². The molecular formula is C25H38IN5O2. The van der Waals surface area contributed by atoms with E-state index in [9.17, 15) is 0 Å². The average Bonchev–Trinajstić information content (AvgIpc) is 3.28. The molecular weight excluding hydrogens is 529 g/mol. The number of rotatable bonds is 9. The van der Waals surface area contributed by atoms with Crippen LogP contribution in [-0.2, 0) is 0 Å². The van der Waals surface area contributed by atoms with Gasteiger partial charge >= 0.3 is 0 Å². The fraction of sp³-hybridized carbons (Fsp3) is 0.480. The van der Waals surface area contributed by atoms with Crippen molar-refractivity contribution in [2.75, 3.05) is 59.4 Å². The van der Waals surface area contributed by atoms with Crippen LogP contribution < -0.4 is 25.0 Å².